The van der Waals surface area contributed by atoms with Gasteiger partial charge in [0.05, 0.1) is 23.7 Å². The van der Waals surface area contributed by atoms with Gasteiger partial charge in [0, 0.05) is 17.6 Å². The standard InChI is InChI=1S/C27H26ClN5O3/c1-17(2)33-26(34)14-25(32(27(33)35)16-19-7-9-21(28)10-8-19)31-24-12-11-23(18(3)30-24)36-22-6-4-5-20(13-22)15-29/h4-13,17,25H,14,16H2,1-3H3,(H,30,31). The molecule has 1 aliphatic rings. The number of nitriles is 1. The fourth-order valence-electron chi connectivity index (χ4n) is 4.02. The fourth-order valence-corrected chi connectivity index (χ4v) is 4.14. The summed E-state index contributed by atoms with van der Waals surface area (Å²) in [5.41, 5.74) is 2.01. The number of urea groups is 1. The van der Waals surface area contributed by atoms with Crippen LogP contribution in [0.15, 0.2) is 60.7 Å². The summed E-state index contributed by atoms with van der Waals surface area (Å²) in [5.74, 6) is 1.34. The number of pyridine rings is 1. The molecule has 184 valence electrons. The average Bonchev–Trinajstić information content (AvgIpc) is 2.84. The molecule has 3 aromatic rings. The maximum Gasteiger partial charge on any atom is 0.328 e. The van der Waals surface area contributed by atoms with Crippen molar-refractivity contribution in [1.82, 2.24) is 14.8 Å². The molecule has 4 rings (SSSR count). The summed E-state index contributed by atoms with van der Waals surface area (Å²) in [5, 5.41) is 13.0. The normalized spacial score (nSPS) is 15.7. The Morgan fingerprint density at radius 2 is 1.92 bits per heavy atom. The molecule has 1 atom stereocenters. The summed E-state index contributed by atoms with van der Waals surface area (Å²) in [6.45, 7) is 5.75. The Morgan fingerprint density at radius 3 is 2.58 bits per heavy atom. The molecule has 1 saturated heterocycles. The van der Waals surface area contributed by atoms with Crippen LogP contribution in [-0.2, 0) is 11.3 Å². The highest BCUT2D eigenvalue weighted by molar-refractivity contribution is 6.30. The maximum absolute atomic E-state index is 13.3. The zero-order chi connectivity index (χ0) is 25.8. The summed E-state index contributed by atoms with van der Waals surface area (Å²) < 4.78 is 5.90. The Kier molecular flexibility index (Phi) is 7.41. The molecule has 0 aliphatic carbocycles. The lowest BCUT2D eigenvalue weighted by molar-refractivity contribution is -0.133. The number of hydrogen-bond acceptors (Lipinski definition) is 6. The van der Waals surface area contributed by atoms with Gasteiger partial charge < -0.3 is 10.1 Å². The van der Waals surface area contributed by atoms with Crippen molar-refractivity contribution in [2.45, 2.75) is 45.9 Å². The molecule has 0 saturated carbocycles. The molecule has 2 heterocycles. The fraction of sp³-hybridized carbons (Fsp3) is 0.259. The molecule has 0 radical (unpaired) electrons. The number of carbonyl (C=O) groups is 2. The van der Waals surface area contributed by atoms with Crippen LogP contribution in [0.1, 0.15) is 37.1 Å². The second kappa shape index (κ2) is 10.7. The van der Waals surface area contributed by atoms with Crippen LogP contribution in [0.25, 0.3) is 0 Å². The summed E-state index contributed by atoms with van der Waals surface area (Å²) in [4.78, 5) is 33.7. The summed E-state index contributed by atoms with van der Waals surface area (Å²) in [6.07, 6.45) is -0.473. The van der Waals surface area contributed by atoms with Gasteiger partial charge in [-0.15, -0.1) is 0 Å². The van der Waals surface area contributed by atoms with Crippen molar-refractivity contribution in [3.05, 3.63) is 82.5 Å². The van der Waals surface area contributed by atoms with Crippen molar-refractivity contribution < 1.29 is 14.3 Å². The number of amides is 3. The highest BCUT2D eigenvalue weighted by Crippen LogP contribution is 2.28. The van der Waals surface area contributed by atoms with Crippen LogP contribution in [0, 0.1) is 18.3 Å². The van der Waals surface area contributed by atoms with Gasteiger partial charge in [-0.2, -0.15) is 5.26 Å². The van der Waals surface area contributed by atoms with Crippen molar-refractivity contribution in [3.8, 4) is 17.6 Å². The number of carbonyl (C=O) groups excluding carboxylic acids is 2. The first-order valence-electron chi connectivity index (χ1n) is 11.5. The molecule has 36 heavy (non-hydrogen) atoms. The summed E-state index contributed by atoms with van der Waals surface area (Å²) in [6, 6.07) is 19.1. The number of anilines is 1. The van der Waals surface area contributed by atoms with Crippen LogP contribution in [0.3, 0.4) is 0 Å². The van der Waals surface area contributed by atoms with Gasteiger partial charge in [0.15, 0.2) is 0 Å². The number of imide groups is 1. The quantitative estimate of drug-likeness (QED) is 0.443. The van der Waals surface area contributed by atoms with Crippen molar-refractivity contribution in [2.75, 3.05) is 5.32 Å². The van der Waals surface area contributed by atoms with E-state index in [1.165, 1.54) is 4.90 Å². The molecule has 9 heteroatoms. The molecular formula is C27H26ClN5O3. The number of aryl methyl sites for hydroxylation is 1. The van der Waals surface area contributed by atoms with Crippen LogP contribution < -0.4 is 10.1 Å². The average molecular weight is 504 g/mol. The van der Waals surface area contributed by atoms with Gasteiger partial charge in [-0.1, -0.05) is 29.8 Å². The Labute approximate surface area is 215 Å². The van der Waals surface area contributed by atoms with E-state index < -0.39 is 6.17 Å². The number of benzene rings is 2. The lowest BCUT2D eigenvalue weighted by Crippen LogP contribution is -2.60. The number of hydrogen-bond donors (Lipinski definition) is 1. The van der Waals surface area contributed by atoms with Crippen molar-refractivity contribution in [3.63, 3.8) is 0 Å². The first-order valence-corrected chi connectivity index (χ1v) is 11.9. The molecule has 1 aromatic heterocycles. The highest BCUT2D eigenvalue weighted by atomic mass is 35.5. The van der Waals surface area contributed by atoms with E-state index in [2.05, 4.69) is 16.4 Å². The summed E-state index contributed by atoms with van der Waals surface area (Å²) >= 11 is 6.02. The van der Waals surface area contributed by atoms with Gasteiger partial charge in [0.1, 0.15) is 23.5 Å². The number of halogens is 1. The molecule has 1 fully saturated rings. The third-order valence-corrected chi connectivity index (χ3v) is 6.04. The molecule has 1 aliphatic heterocycles. The minimum atomic E-state index is -0.582. The third-order valence-electron chi connectivity index (χ3n) is 5.79. The monoisotopic (exact) mass is 503 g/mol. The van der Waals surface area contributed by atoms with E-state index in [0.717, 1.165) is 5.56 Å². The van der Waals surface area contributed by atoms with E-state index in [-0.39, 0.29) is 24.4 Å². The van der Waals surface area contributed by atoms with Crippen LogP contribution in [0.4, 0.5) is 10.6 Å². The first kappa shape index (κ1) is 25.0. The van der Waals surface area contributed by atoms with Gasteiger partial charge in [-0.3, -0.25) is 14.6 Å². The number of nitrogens with zero attached hydrogens (tertiary/aromatic N) is 4. The topological polar surface area (TPSA) is 98.6 Å². The van der Waals surface area contributed by atoms with E-state index in [1.807, 2.05) is 26.0 Å². The van der Waals surface area contributed by atoms with E-state index in [0.29, 0.717) is 40.1 Å². The molecule has 1 N–H and O–H groups in total. The largest absolute Gasteiger partial charge is 0.455 e. The van der Waals surface area contributed by atoms with E-state index in [9.17, 15) is 9.59 Å². The van der Waals surface area contributed by atoms with Crippen molar-refractivity contribution >= 4 is 29.4 Å². The van der Waals surface area contributed by atoms with Crippen molar-refractivity contribution in [2.24, 2.45) is 0 Å². The van der Waals surface area contributed by atoms with Crippen LogP contribution in [0.2, 0.25) is 5.02 Å². The predicted molar refractivity (Wildman–Crippen MR) is 137 cm³/mol. The molecule has 0 spiro atoms. The number of aromatic nitrogens is 1. The zero-order valence-electron chi connectivity index (χ0n) is 20.2. The first-order chi connectivity index (χ1) is 17.2. The molecule has 2 aromatic carbocycles. The van der Waals surface area contributed by atoms with Gasteiger partial charge in [-0.05, 0) is 68.8 Å². The molecule has 1 unspecified atom stereocenters. The van der Waals surface area contributed by atoms with Crippen LogP contribution >= 0.6 is 11.6 Å². The minimum absolute atomic E-state index is 0.109. The number of ether oxygens (including phenoxy) is 1. The number of nitrogens with one attached hydrogen (secondary N) is 1. The molecular weight excluding hydrogens is 478 g/mol. The molecule has 3 amide bonds. The zero-order valence-corrected chi connectivity index (χ0v) is 21.0. The lowest BCUT2D eigenvalue weighted by atomic mass is 10.1. The Balaban J connectivity index is 1.56. The van der Waals surface area contributed by atoms with E-state index in [4.69, 9.17) is 21.6 Å². The van der Waals surface area contributed by atoms with Crippen LogP contribution in [0.5, 0.6) is 11.5 Å². The van der Waals surface area contributed by atoms with Gasteiger partial charge >= 0.3 is 6.03 Å². The van der Waals surface area contributed by atoms with Gasteiger partial charge in [-0.25, -0.2) is 9.78 Å². The smallest absolute Gasteiger partial charge is 0.328 e. The van der Waals surface area contributed by atoms with E-state index >= 15 is 0 Å². The molecule has 8 nitrogen and oxygen atoms in total. The lowest BCUT2D eigenvalue weighted by Gasteiger charge is -2.42. The van der Waals surface area contributed by atoms with Crippen LogP contribution in [-0.4, -0.2) is 38.9 Å². The highest BCUT2D eigenvalue weighted by Gasteiger charge is 2.40. The van der Waals surface area contributed by atoms with Gasteiger partial charge in [0.2, 0.25) is 5.91 Å². The second-order valence-electron chi connectivity index (χ2n) is 8.78. The second-order valence-corrected chi connectivity index (χ2v) is 9.22. The minimum Gasteiger partial charge on any atom is -0.455 e. The molecule has 0 bridgehead atoms. The summed E-state index contributed by atoms with van der Waals surface area (Å²) in [7, 11) is 0. The number of rotatable bonds is 7. The van der Waals surface area contributed by atoms with E-state index in [1.54, 1.807) is 60.4 Å². The Morgan fingerprint density at radius 1 is 1.17 bits per heavy atom. The Bertz CT molecular complexity index is 1320. The maximum atomic E-state index is 13.3. The Hall–Kier alpha value is -4.09. The third kappa shape index (κ3) is 5.58. The predicted octanol–water partition coefficient (Wildman–Crippen LogP) is 5.71. The van der Waals surface area contributed by atoms with Crippen molar-refractivity contribution in [1.29, 1.82) is 5.26 Å². The van der Waals surface area contributed by atoms with Gasteiger partial charge in [0.25, 0.3) is 0 Å². The SMILES string of the molecule is Cc1nc(NC2CC(=O)N(C(C)C)C(=O)N2Cc2ccc(Cl)cc2)ccc1Oc1cccc(C#N)c1.